The zero-order valence-electron chi connectivity index (χ0n) is 12.3. The lowest BCUT2D eigenvalue weighted by molar-refractivity contribution is -0.393. The van der Waals surface area contributed by atoms with Crippen molar-refractivity contribution in [2.45, 2.75) is 25.3 Å². The summed E-state index contributed by atoms with van der Waals surface area (Å²) >= 11 is 0. The highest BCUT2D eigenvalue weighted by atomic mass is 16.6. The van der Waals surface area contributed by atoms with Gasteiger partial charge in [0.2, 0.25) is 0 Å². The number of fused-ring (bicyclic) bond motifs is 1. The predicted molar refractivity (Wildman–Crippen MR) is 85.5 cm³/mol. The summed E-state index contributed by atoms with van der Waals surface area (Å²) in [5.41, 5.74) is 2.11. The number of nitrogens with zero attached hydrogens (tertiary/aromatic N) is 2. The van der Waals surface area contributed by atoms with Gasteiger partial charge in [-0.15, -0.1) is 0 Å². The molecule has 1 unspecified atom stereocenters. The third-order valence-corrected chi connectivity index (χ3v) is 4.09. The van der Waals surface area contributed by atoms with E-state index in [4.69, 9.17) is 0 Å². The highest BCUT2D eigenvalue weighted by Crippen LogP contribution is 2.36. The summed E-state index contributed by atoms with van der Waals surface area (Å²) in [6, 6.07) is 11.7. The Hall–Kier alpha value is -2.96. The van der Waals surface area contributed by atoms with Crippen LogP contribution in [0.2, 0.25) is 0 Å². The zero-order valence-corrected chi connectivity index (χ0v) is 12.3. The van der Waals surface area contributed by atoms with E-state index in [0.29, 0.717) is 5.69 Å². The minimum Gasteiger partial charge on any atom is -0.373 e. The average molecular weight is 313 g/mol. The lowest BCUT2D eigenvalue weighted by Gasteiger charge is -2.27. The molecule has 0 amide bonds. The van der Waals surface area contributed by atoms with Crippen LogP contribution in [-0.4, -0.2) is 9.85 Å². The first kappa shape index (κ1) is 15.0. The van der Waals surface area contributed by atoms with Gasteiger partial charge in [0.25, 0.3) is 11.4 Å². The van der Waals surface area contributed by atoms with Gasteiger partial charge < -0.3 is 5.32 Å². The lowest BCUT2D eigenvalue weighted by Crippen LogP contribution is -2.17. The molecule has 23 heavy (non-hydrogen) atoms. The summed E-state index contributed by atoms with van der Waals surface area (Å²) in [7, 11) is 0. The summed E-state index contributed by atoms with van der Waals surface area (Å²) in [4.78, 5) is 20.8. The van der Waals surface area contributed by atoms with Crippen molar-refractivity contribution in [3.8, 4) is 0 Å². The Balaban J connectivity index is 1.95. The number of nitrogens with one attached hydrogen (secondary N) is 1. The average Bonchev–Trinajstić information content (AvgIpc) is 2.55. The summed E-state index contributed by atoms with van der Waals surface area (Å²) in [6.07, 6.45) is 2.86. The molecular formula is C16H15N3O4. The number of anilines is 1. The maximum absolute atomic E-state index is 11.2. The van der Waals surface area contributed by atoms with Crippen LogP contribution in [-0.2, 0) is 6.42 Å². The molecule has 2 aromatic rings. The number of hydrogen-bond donors (Lipinski definition) is 1. The molecular weight excluding hydrogens is 298 g/mol. The molecule has 3 rings (SSSR count). The third kappa shape index (κ3) is 2.98. The van der Waals surface area contributed by atoms with E-state index in [9.17, 15) is 20.2 Å². The Morgan fingerprint density at radius 3 is 2.57 bits per heavy atom. The second-order valence-corrected chi connectivity index (χ2v) is 5.50. The molecule has 0 aliphatic heterocycles. The highest BCUT2D eigenvalue weighted by Gasteiger charge is 2.24. The Morgan fingerprint density at radius 1 is 1.04 bits per heavy atom. The van der Waals surface area contributed by atoms with Crippen molar-refractivity contribution in [1.82, 2.24) is 0 Å². The van der Waals surface area contributed by atoms with Gasteiger partial charge in [-0.2, -0.15) is 0 Å². The molecule has 0 saturated heterocycles. The molecule has 2 aromatic carbocycles. The Morgan fingerprint density at radius 2 is 1.83 bits per heavy atom. The van der Waals surface area contributed by atoms with Gasteiger partial charge in [-0.3, -0.25) is 20.2 Å². The van der Waals surface area contributed by atoms with Crippen LogP contribution >= 0.6 is 0 Å². The second kappa shape index (κ2) is 6.04. The number of nitro groups is 2. The molecule has 1 aliphatic rings. The molecule has 7 heteroatoms. The highest BCUT2D eigenvalue weighted by molar-refractivity contribution is 5.66. The van der Waals surface area contributed by atoms with Crippen molar-refractivity contribution in [2.24, 2.45) is 0 Å². The van der Waals surface area contributed by atoms with Gasteiger partial charge in [-0.25, -0.2) is 0 Å². The van der Waals surface area contributed by atoms with Crippen molar-refractivity contribution in [2.75, 3.05) is 5.32 Å². The minimum atomic E-state index is -0.632. The van der Waals surface area contributed by atoms with Gasteiger partial charge in [0, 0.05) is 6.07 Å². The molecule has 0 heterocycles. The topological polar surface area (TPSA) is 98.3 Å². The van der Waals surface area contributed by atoms with E-state index in [2.05, 4.69) is 11.4 Å². The number of benzene rings is 2. The van der Waals surface area contributed by atoms with Crippen LogP contribution in [0.15, 0.2) is 42.5 Å². The largest absolute Gasteiger partial charge is 0.373 e. The van der Waals surface area contributed by atoms with Crippen LogP contribution in [0.5, 0.6) is 0 Å². The Kier molecular flexibility index (Phi) is 3.92. The second-order valence-electron chi connectivity index (χ2n) is 5.50. The summed E-state index contributed by atoms with van der Waals surface area (Å²) in [5, 5.41) is 25.2. The molecule has 118 valence electrons. The monoisotopic (exact) mass is 313 g/mol. The number of aryl methyl sites for hydroxylation is 1. The van der Waals surface area contributed by atoms with Crippen molar-refractivity contribution >= 4 is 17.1 Å². The first-order chi connectivity index (χ1) is 11.1. The number of rotatable bonds is 4. The molecule has 0 fully saturated rings. The predicted octanol–water partition coefficient (Wildman–Crippen LogP) is 3.99. The molecule has 1 aliphatic carbocycles. The van der Waals surface area contributed by atoms with E-state index in [1.54, 1.807) is 0 Å². The van der Waals surface area contributed by atoms with E-state index in [1.165, 1.54) is 17.7 Å². The molecule has 7 nitrogen and oxygen atoms in total. The molecule has 0 spiro atoms. The van der Waals surface area contributed by atoms with Crippen LogP contribution in [0.25, 0.3) is 0 Å². The standard InChI is InChI=1S/C16H15N3O4/c20-18(21)12-8-9-15(16(10-12)19(22)23)17-14-7-3-5-11-4-1-2-6-13(11)14/h1-2,4,6,8-10,14,17H,3,5,7H2. The third-order valence-electron chi connectivity index (χ3n) is 4.09. The maximum atomic E-state index is 11.2. The van der Waals surface area contributed by atoms with Crippen LogP contribution in [0.3, 0.4) is 0 Å². The quantitative estimate of drug-likeness (QED) is 0.679. The molecule has 0 radical (unpaired) electrons. The summed E-state index contributed by atoms with van der Waals surface area (Å²) < 4.78 is 0. The van der Waals surface area contributed by atoms with Gasteiger partial charge >= 0.3 is 0 Å². The van der Waals surface area contributed by atoms with Gasteiger partial charge in [0.1, 0.15) is 5.69 Å². The first-order valence-corrected chi connectivity index (χ1v) is 7.33. The zero-order chi connectivity index (χ0) is 16.4. The van der Waals surface area contributed by atoms with E-state index < -0.39 is 9.85 Å². The first-order valence-electron chi connectivity index (χ1n) is 7.33. The van der Waals surface area contributed by atoms with Gasteiger partial charge in [0.15, 0.2) is 0 Å². The van der Waals surface area contributed by atoms with Crippen LogP contribution < -0.4 is 5.32 Å². The van der Waals surface area contributed by atoms with E-state index in [1.807, 2.05) is 18.2 Å². The van der Waals surface area contributed by atoms with Crippen molar-refractivity contribution < 1.29 is 9.85 Å². The summed E-state index contributed by atoms with van der Waals surface area (Å²) in [5.74, 6) is 0. The summed E-state index contributed by atoms with van der Waals surface area (Å²) in [6.45, 7) is 0. The van der Waals surface area contributed by atoms with Crippen molar-refractivity contribution in [3.63, 3.8) is 0 Å². The lowest BCUT2D eigenvalue weighted by atomic mass is 9.87. The van der Waals surface area contributed by atoms with E-state index >= 15 is 0 Å². The smallest absolute Gasteiger partial charge is 0.299 e. The molecule has 0 saturated carbocycles. The normalized spacial score (nSPS) is 16.4. The number of non-ortho nitro benzene ring substituents is 1. The fourth-order valence-electron chi connectivity index (χ4n) is 3.00. The van der Waals surface area contributed by atoms with Crippen molar-refractivity contribution in [3.05, 3.63) is 73.8 Å². The van der Waals surface area contributed by atoms with Gasteiger partial charge in [-0.05, 0) is 36.5 Å². The van der Waals surface area contributed by atoms with Crippen LogP contribution in [0, 0.1) is 20.2 Å². The van der Waals surface area contributed by atoms with Crippen molar-refractivity contribution in [1.29, 1.82) is 0 Å². The fraction of sp³-hybridized carbons (Fsp3) is 0.250. The number of nitro benzene ring substituents is 2. The molecule has 1 N–H and O–H groups in total. The SMILES string of the molecule is O=[N+]([O-])c1ccc(NC2CCCc3ccccc32)c([N+](=O)[O-])c1. The molecule has 0 bridgehead atoms. The van der Waals surface area contributed by atoms with Gasteiger partial charge in [0.05, 0.1) is 22.0 Å². The Bertz CT molecular complexity index is 776. The van der Waals surface area contributed by atoms with Gasteiger partial charge in [-0.1, -0.05) is 24.3 Å². The van der Waals surface area contributed by atoms with Crippen LogP contribution in [0.1, 0.15) is 30.0 Å². The molecule has 0 aromatic heterocycles. The number of hydrogen-bond acceptors (Lipinski definition) is 5. The van der Waals surface area contributed by atoms with E-state index in [-0.39, 0.29) is 17.4 Å². The molecule has 1 atom stereocenters. The van der Waals surface area contributed by atoms with Crippen LogP contribution in [0.4, 0.5) is 17.1 Å². The fourth-order valence-corrected chi connectivity index (χ4v) is 3.00. The minimum absolute atomic E-state index is 0.0277. The maximum Gasteiger partial charge on any atom is 0.299 e. The van der Waals surface area contributed by atoms with E-state index in [0.717, 1.165) is 30.9 Å². The Labute approximate surface area is 132 Å².